The van der Waals surface area contributed by atoms with E-state index in [1.807, 2.05) is 0 Å². The van der Waals surface area contributed by atoms with Crippen LogP contribution < -0.4 is 5.32 Å². The number of piperidine rings is 1. The van der Waals surface area contributed by atoms with Gasteiger partial charge in [-0.25, -0.2) is 13.2 Å². The summed E-state index contributed by atoms with van der Waals surface area (Å²) in [6, 6.07) is 1.47. The number of halogens is 3. The first-order valence-electron chi connectivity index (χ1n) is 6.17. The van der Waals surface area contributed by atoms with E-state index in [4.69, 9.17) is 6.42 Å². The number of nitrogens with one attached hydrogen (secondary N) is 1. The third-order valence-electron chi connectivity index (χ3n) is 3.27. The van der Waals surface area contributed by atoms with E-state index in [1.54, 1.807) is 0 Å². The summed E-state index contributed by atoms with van der Waals surface area (Å²) in [5.41, 5.74) is 0.00861. The molecule has 1 aliphatic rings. The highest BCUT2D eigenvalue weighted by atomic mass is 19.2. The van der Waals surface area contributed by atoms with Gasteiger partial charge >= 0.3 is 0 Å². The molecule has 0 aromatic heterocycles. The molecule has 0 amide bonds. The minimum atomic E-state index is -1.17. The normalized spacial score (nSPS) is 17.2. The van der Waals surface area contributed by atoms with Crippen molar-refractivity contribution in [2.75, 3.05) is 25.0 Å². The molecule has 0 bridgehead atoms. The maximum Gasteiger partial charge on any atom is 0.161 e. The van der Waals surface area contributed by atoms with Crippen molar-refractivity contribution in [2.24, 2.45) is 0 Å². The number of nitrogens with zero attached hydrogens (tertiary/aromatic N) is 1. The first kappa shape index (κ1) is 13.8. The quantitative estimate of drug-likeness (QED) is 0.669. The SMILES string of the molecule is C#CCN1CCC(Nc2cc(F)c(F)cc2F)CC1. The standard InChI is InChI=1S/C14H15F3N2/c1-2-5-19-6-3-10(4-7-19)18-14-9-12(16)11(15)8-13(14)17/h1,8-10,18H,3-7H2. The van der Waals surface area contributed by atoms with Crippen LogP contribution in [-0.2, 0) is 0 Å². The van der Waals surface area contributed by atoms with Crippen LogP contribution in [0.3, 0.4) is 0 Å². The maximum atomic E-state index is 13.5. The van der Waals surface area contributed by atoms with E-state index in [-0.39, 0.29) is 11.7 Å². The van der Waals surface area contributed by atoms with Gasteiger partial charge in [0.1, 0.15) is 5.82 Å². The molecule has 1 heterocycles. The molecule has 1 saturated heterocycles. The third kappa shape index (κ3) is 3.42. The summed E-state index contributed by atoms with van der Waals surface area (Å²) in [6.07, 6.45) is 6.82. The molecule has 19 heavy (non-hydrogen) atoms. The van der Waals surface area contributed by atoms with Crippen LogP contribution in [0.5, 0.6) is 0 Å². The van der Waals surface area contributed by atoms with Gasteiger partial charge in [0.15, 0.2) is 11.6 Å². The second-order valence-corrected chi connectivity index (χ2v) is 4.65. The summed E-state index contributed by atoms with van der Waals surface area (Å²) in [6.45, 7) is 2.23. The molecule has 0 atom stereocenters. The molecule has 0 saturated carbocycles. The van der Waals surface area contributed by atoms with Crippen molar-refractivity contribution in [3.63, 3.8) is 0 Å². The molecular weight excluding hydrogens is 253 g/mol. The summed E-state index contributed by atoms with van der Waals surface area (Å²) >= 11 is 0. The van der Waals surface area contributed by atoms with E-state index in [0.29, 0.717) is 12.6 Å². The topological polar surface area (TPSA) is 15.3 Å². The van der Waals surface area contributed by atoms with Crippen LogP contribution in [0, 0.1) is 29.8 Å². The van der Waals surface area contributed by atoms with E-state index >= 15 is 0 Å². The molecule has 1 aromatic rings. The Balaban J connectivity index is 1.96. The fraction of sp³-hybridized carbons (Fsp3) is 0.429. The van der Waals surface area contributed by atoms with Gasteiger partial charge in [-0.05, 0) is 12.8 Å². The Bertz CT molecular complexity index is 488. The minimum absolute atomic E-state index is 0.00861. The number of likely N-dealkylation sites (tertiary alicyclic amines) is 1. The Morgan fingerprint density at radius 1 is 1.16 bits per heavy atom. The molecule has 0 aliphatic carbocycles. The van der Waals surface area contributed by atoms with Gasteiger partial charge in [0.2, 0.25) is 0 Å². The number of anilines is 1. The van der Waals surface area contributed by atoms with Crippen LogP contribution in [-0.4, -0.2) is 30.6 Å². The Morgan fingerprint density at radius 2 is 1.79 bits per heavy atom. The lowest BCUT2D eigenvalue weighted by Crippen LogP contribution is -2.39. The number of hydrogen-bond acceptors (Lipinski definition) is 2. The van der Waals surface area contributed by atoms with Crippen LogP contribution in [0.1, 0.15) is 12.8 Å². The Labute approximate surface area is 110 Å². The molecule has 0 unspecified atom stereocenters. The Hall–Kier alpha value is -1.67. The van der Waals surface area contributed by atoms with Crippen molar-refractivity contribution in [1.82, 2.24) is 4.90 Å². The van der Waals surface area contributed by atoms with Crippen molar-refractivity contribution in [1.29, 1.82) is 0 Å². The molecule has 1 aromatic carbocycles. The minimum Gasteiger partial charge on any atom is -0.380 e. The van der Waals surface area contributed by atoms with Gasteiger partial charge in [-0.1, -0.05) is 5.92 Å². The molecule has 1 fully saturated rings. The lowest BCUT2D eigenvalue weighted by Gasteiger charge is -2.31. The van der Waals surface area contributed by atoms with Crippen LogP contribution >= 0.6 is 0 Å². The van der Waals surface area contributed by atoms with E-state index in [2.05, 4.69) is 16.1 Å². The summed E-state index contributed by atoms with van der Waals surface area (Å²) in [5.74, 6) is -0.416. The van der Waals surface area contributed by atoms with Crippen molar-refractivity contribution in [3.05, 3.63) is 29.6 Å². The molecule has 1 aliphatic heterocycles. The zero-order chi connectivity index (χ0) is 13.8. The molecule has 2 nitrogen and oxygen atoms in total. The van der Waals surface area contributed by atoms with Crippen LogP contribution in [0.25, 0.3) is 0 Å². The second-order valence-electron chi connectivity index (χ2n) is 4.65. The van der Waals surface area contributed by atoms with Crippen molar-refractivity contribution >= 4 is 5.69 Å². The maximum absolute atomic E-state index is 13.5. The van der Waals surface area contributed by atoms with Crippen LogP contribution in [0.2, 0.25) is 0 Å². The smallest absolute Gasteiger partial charge is 0.161 e. The average molecular weight is 268 g/mol. The average Bonchev–Trinajstić information content (AvgIpc) is 2.38. The predicted octanol–water partition coefficient (Wildman–Crippen LogP) is 2.61. The van der Waals surface area contributed by atoms with Gasteiger partial charge in [-0.2, -0.15) is 0 Å². The first-order chi connectivity index (χ1) is 9.10. The summed E-state index contributed by atoms with van der Waals surface area (Å²) in [7, 11) is 0. The monoisotopic (exact) mass is 268 g/mol. The highest BCUT2D eigenvalue weighted by Gasteiger charge is 2.20. The van der Waals surface area contributed by atoms with Gasteiger partial charge in [0.05, 0.1) is 12.2 Å². The lowest BCUT2D eigenvalue weighted by molar-refractivity contribution is 0.243. The molecule has 0 radical (unpaired) electrons. The zero-order valence-corrected chi connectivity index (χ0v) is 10.4. The largest absolute Gasteiger partial charge is 0.380 e. The van der Waals surface area contributed by atoms with Crippen molar-refractivity contribution in [2.45, 2.75) is 18.9 Å². The van der Waals surface area contributed by atoms with E-state index in [1.165, 1.54) is 0 Å². The van der Waals surface area contributed by atoms with Crippen LogP contribution in [0.4, 0.5) is 18.9 Å². The molecule has 5 heteroatoms. The van der Waals surface area contributed by atoms with Gasteiger partial charge in [0, 0.05) is 31.3 Å². The van der Waals surface area contributed by atoms with Crippen LogP contribution in [0.15, 0.2) is 12.1 Å². The molecule has 2 rings (SSSR count). The highest BCUT2D eigenvalue weighted by Crippen LogP contribution is 2.22. The predicted molar refractivity (Wildman–Crippen MR) is 68.2 cm³/mol. The molecule has 0 spiro atoms. The molecular formula is C14H15F3N2. The summed E-state index contributed by atoms with van der Waals surface area (Å²) < 4.78 is 39.3. The fourth-order valence-corrected chi connectivity index (χ4v) is 2.22. The van der Waals surface area contributed by atoms with E-state index in [0.717, 1.165) is 32.0 Å². The number of benzene rings is 1. The molecule has 1 N–H and O–H groups in total. The zero-order valence-electron chi connectivity index (χ0n) is 10.4. The number of rotatable bonds is 3. The van der Waals surface area contributed by atoms with Crippen molar-refractivity contribution < 1.29 is 13.2 Å². The lowest BCUT2D eigenvalue weighted by atomic mass is 10.0. The summed E-state index contributed by atoms with van der Waals surface area (Å²) in [5, 5.41) is 2.92. The Morgan fingerprint density at radius 3 is 2.42 bits per heavy atom. The first-order valence-corrected chi connectivity index (χ1v) is 6.17. The van der Waals surface area contributed by atoms with Gasteiger partial charge in [0.25, 0.3) is 0 Å². The number of terminal acetylenes is 1. The van der Waals surface area contributed by atoms with Gasteiger partial charge in [-0.15, -0.1) is 6.42 Å². The van der Waals surface area contributed by atoms with Gasteiger partial charge in [-0.3, -0.25) is 4.90 Å². The second kappa shape index (κ2) is 5.98. The van der Waals surface area contributed by atoms with Crippen molar-refractivity contribution in [3.8, 4) is 12.3 Å². The summed E-state index contributed by atoms with van der Waals surface area (Å²) in [4.78, 5) is 2.12. The fourth-order valence-electron chi connectivity index (χ4n) is 2.22. The highest BCUT2D eigenvalue weighted by molar-refractivity contribution is 5.46. The van der Waals surface area contributed by atoms with Gasteiger partial charge < -0.3 is 5.32 Å². The molecule has 102 valence electrons. The van der Waals surface area contributed by atoms with E-state index in [9.17, 15) is 13.2 Å². The van der Waals surface area contributed by atoms with E-state index < -0.39 is 17.5 Å². The number of hydrogen-bond donors (Lipinski definition) is 1. The third-order valence-corrected chi connectivity index (χ3v) is 3.27. The Kier molecular flexibility index (Phi) is 4.33.